The zero-order valence-electron chi connectivity index (χ0n) is 13.5. The number of aromatic nitrogens is 2. The van der Waals surface area contributed by atoms with E-state index in [1.165, 1.54) is 0 Å². The van der Waals surface area contributed by atoms with Crippen LogP contribution >= 0.6 is 23.4 Å². The minimum Gasteiger partial charge on any atom is -0.351 e. The number of nitrogens with zero attached hydrogens (tertiary/aromatic N) is 4. The normalized spacial score (nSPS) is 16.2. The highest BCUT2D eigenvalue weighted by atomic mass is 35.5. The van der Waals surface area contributed by atoms with Gasteiger partial charge in [-0.05, 0) is 49.4 Å². The highest BCUT2D eigenvalue weighted by Gasteiger charge is 2.21. The van der Waals surface area contributed by atoms with Crippen molar-refractivity contribution in [2.45, 2.75) is 18.9 Å². The summed E-state index contributed by atoms with van der Waals surface area (Å²) in [6.45, 7) is 1.94. The van der Waals surface area contributed by atoms with E-state index >= 15 is 0 Å². The molecule has 5 nitrogen and oxygen atoms in total. The average Bonchev–Trinajstić information content (AvgIpc) is 2.63. The van der Waals surface area contributed by atoms with E-state index in [0.717, 1.165) is 41.8 Å². The number of amidine groups is 1. The zero-order valence-corrected chi connectivity index (χ0v) is 15.1. The molecule has 1 aliphatic rings. The Bertz CT molecular complexity index is 669. The monoisotopic (exact) mass is 361 g/mol. The van der Waals surface area contributed by atoms with Crippen LogP contribution in [0, 0.1) is 0 Å². The lowest BCUT2D eigenvalue weighted by Crippen LogP contribution is -2.41. The van der Waals surface area contributed by atoms with Crippen LogP contribution in [0.25, 0.3) is 0 Å². The number of anilines is 1. The Morgan fingerprint density at radius 1 is 1.21 bits per heavy atom. The van der Waals surface area contributed by atoms with Crippen molar-refractivity contribution in [2.75, 3.05) is 24.7 Å². The molecule has 3 rings (SSSR count). The number of rotatable bonds is 3. The smallest absolute Gasteiger partial charge is 0.222 e. The van der Waals surface area contributed by atoms with Crippen molar-refractivity contribution < 1.29 is 0 Å². The fourth-order valence-corrected chi connectivity index (χ4v) is 3.41. The third-order valence-corrected chi connectivity index (χ3v) is 4.87. The van der Waals surface area contributed by atoms with Gasteiger partial charge in [-0.1, -0.05) is 23.4 Å². The molecule has 0 saturated carbocycles. The van der Waals surface area contributed by atoms with Crippen molar-refractivity contribution in [2.24, 2.45) is 4.99 Å². The minimum atomic E-state index is 0.405. The zero-order chi connectivity index (χ0) is 16.8. The van der Waals surface area contributed by atoms with E-state index in [2.05, 4.69) is 26.4 Å². The van der Waals surface area contributed by atoms with E-state index in [1.54, 1.807) is 24.2 Å². The molecule has 0 aliphatic carbocycles. The summed E-state index contributed by atoms with van der Waals surface area (Å²) in [5.41, 5.74) is 0.932. The molecule has 1 saturated heterocycles. The standard InChI is InChI=1S/C17H20ClN5S/c1-24-17(22-14-5-3-13(18)4-6-14)23-11-7-15(8-12-23)21-16-19-9-2-10-20-16/h2-6,9-10,15H,7-8,11-12H2,1H3,(H,19,20,21). The number of piperidine rings is 1. The maximum absolute atomic E-state index is 5.93. The van der Waals surface area contributed by atoms with Gasteiger partial charge in [-0.25, -0.2) is 15.0 Å². The molecule has 1 N–H and O–H groups in total. The predicted molar refractivity (Wildman–Crippen MR) is 102 cm³/mol. The molecule has 1 aliphatic heterocycles. The highest BCUT2D eigenvalue weighted by molar-refractivity contribution is 8.13. The number of aliphatic imine (C=N–C) groups is 1. The van der Waals surface area contributed by atoms with Crippen molar-refractivity contribution in [3.63, 3.8) is 0 Å². The van der Waals surface area contributed by atoms with Crippen LogP contribution in [0.2, 0.25) is 5.02 Å². The molecule has 2 heterocycles. The third kappa shape index (κ3) is 4.61. The molecule has 1 fully saturated rings. The average molecular weight is 362 g/mol. The van der Waals surface area contributed by atoms with E-state index in [4.69, 9.17) is 16.6 Å². The summed E-state index contributed by atoms with van der Waals surface area (Å²) in [5, 5.41) is 5.18. The summed E-state index contributed by atoms with van der Waals surface area (Å²) >= 11 is 7.61. The first-order valence-electron chi connectivity index (χ1n) is 7.91. The first kappa shape index (κ1) is 17.0. The van der Waals surface area contributed by atoms with Crippen LogP contribution in [0.1, 0.15) is 12.8 Å². The van der Waals surface area contributed by atoms with Gasteiger partial charge in [-0.3, -0.25) is 0 Å². The van der Waals surface area contributed by atoms with Crippen molar-refractivity contribution in [1.82, 2.24) is 14.9 Å². The molecule has 0 bridgehead atoms. The molecule has 1 aromatic carbocycles. The molecule has 0 atom stereocenters. The molecule has 1 aromatic heterocycles. The van der Waals surface area contributed by atoms with Crippen LogP contribution in [-0.4, -0.2) is 45.4 Å². The topological polar surface area (TPSA) is 53.4 Å². The summed E-state index contributed by atoms with van der Waals surface area (Å²) in [6, 6.07) is 9.86. The van der Waals surface area contributed by atoms with Gasteiger partial charge in [0.1, 0.15) is 0 Å². The molecule has 0 radical (unpaired) electrons. The molecule has 0 unspecified atom stereocenters. The van der Waals surface area contributed by atoms with Gasteiger partial charge in [0.25, 0.3) is 0 Å². The molecule has 0 amide bonds. The number of hydrogen-bond acceptors (Lipinski definition) is 5. The summed E-state index contributed by atoms with van der Waals surface area (Å²) in [4.78, 5) is 15.6. The fourth-order valence-electron chi connectivity index (χ4n) is 2.64. The third-order valence-electron chi connectivity index (χ3n) is 3.90. The Hall–Kier alpha value is -1.79. The first-order chi connectivity index (χ1) is 11.7. The molecule has 2 aromatic rings. The van der Waals surface area contributed by atoms with Crippen LogP contribution in [-0.2, 0) is 0 Å². The van der Waals surface area contributed by atoms with Gasteiger partial charge < -0.3 is 10.2 Å². The van der Waals surface area contributed by atoms with Gasteiger partial charge in [0, 0.05) is 36.5 Å². The van der Waals surface area contributed by atoms with Gasteiger partial charge in [0.2, 0.25) is 5.95 Å². The molecule has 0 spiro atoms. The fraction of sp³-hybridized carbons (Fsp3) is 0.353. The summed E-state index contributed by atoms with van der Waals surface area (Å²) < 4.78 is 0. The van der Waals surface area contributed by atoms with E-state index in [9.17, 15) is 0 Å². The van der Waals surface area contributed by atoms with Gasteiger partial charge in [0.15, 0.2) is 5.17 Å². The summed E-state index contributed by atoms with van der Waals surface area (Å²) in [5.74, 6) is 0.705. The van der Waals surface area contributed by atoms with Gasteiger partial charge in [0.05, 0.1) is 5.69 Å². The Morgan fingerprint density at radius 3 is 2.50 bits per heavy atom. The second-order valence-corrected chi connectivity index (χ2v) is 6.76. The number of benzene rings is 1. The number of thioether (sulfide) groups is 1. The van der Waals surface area contributed by atoms with E-state index < -0.39 is 0 Å². The predicted octanol–water partition coefficient (Wildman–Crippen LogP) is 4.06. The number of nitrogens with one attached hydrogen (secondary N) is 1. The quantitative estimate of drug-likeness (QED) is 0.660. The number of halogens is 1. The highest BCUT2D eigenvalue weighted by Crippen LogP contribution is 2.22. The van der Waals surface area contributed by atoms with Crippen LogP contribution in [0.3, 0.4) is 0 Å². The first-order valence-corrected chi connectivity index (χ1v) is 9.51. The second-order valence-electron chi connectivity index (χ2n) is 5.55. The Balaban J connectivity index is 1.59. The number of likely N-dealkylation sites (tertiary alicyclic amines) is 1. The van der Waals surface area contributed by atoms with Gasteiger partial charge in [-0.15, -0.1) is 0 Å². The molecule has 24 heavy (non-hydrogen) atoms. The van der Waals surface area contributed by atoms with Gasteiger partial charge >= 0.3 is 0 Å². The van der Waals surface area contributed by atoms with Crippen LogP contribution in [0.5, 0.6) is 0 Å². The maximum Gasteiger partial charge on any atom is 0.222 e. The SMILES string of the molecule is CSC(=Nc1ccc(Cl)cc1)N1CCC(Nc2ncccn2)CC1. The lowest BCUT2D eigenvalue weighted by molar-refractivity contribution is 0.328. The summed E-state index contributed by atoms with van der Waals surface area (Å²) in [7, 11) is 0. The van der Waals surface area contributed by atoms with E-state index in [-0.39, 0.29) is 0 Å². The van der Waals surface area contributed by atoms with Crippen LogP contribution < -0.4 is 5.32 Å². The maximum atomic E-state index is 5.93. The molecule has 7 heteroatoms. The van der Waals surface area contributed by atoms with Crippen molar-refractivity contribution in [3.8, 4) is 0 Å². The van der Waals surface area contributed by atoms with Crippen molar-refractivity contribution >= 4 is 40.2 Å². The molecule has 126 valence electrons. The van der Waals surface area contributed by atoms with E-state index in [1.807, 2.05) is 30.3 Å². The lowest BCUT2D eigenvalue weighted by Gasteiger charge is -2.33. The molecular formula is C17H20ClN5S. The Morgan fingerprint density at radius 2 is 1.88 bits per heavy atom. The lowest BCUT2D eigenvalue weighted by atomic mass is 10.1. The Kier molecular flexibility index (Phi) is 5.93. The summed E-state index contributed by atoms with van der Waals surface area (Å²) in [6.07, 6.45) is 7.66. The van der Waals surface area contributed by atoms with E-state index in [0.29, 0.717) is 12.0 Å². The Labute approximate surface area is 151 Å². The van der Waals surface area contributed by atoms with Crippen LogP contribution in [0.15, 0.2) is 47.7 Å². The van der Waals surface area contributed by atoms with Gasteiger partial charge in [-0.2, -0.15) is 0 Å². The molecular weight excluding hydrogens is 342 g/mol. The van der Waals surface area contributed by atoms with Crippen LogP contribution in [0.4, 0.5) is 11.6 Å². The number of hydrogen-bond donors (Lipinski definition) is 1. The largest absolute Gasteiger partial charge is 0.351 e. The van der Waals surface area contributed by atoms with Crippen molar-refractivity contribution in [1.29, 1.82) is 0 Å². The minimum absolute atomic E-state index is 0.405. The van der Waals surface area contributed by atoms with Crippen molar-refractivity contribution in [3.05, 3.63) is 47.7 Å². The second kappa shape index (κ2) is 8.35.